The highest BCUT2D eigenvalue weighted by Crippen LogP contribution is 2.18. The SMILES string of the molecule is CCCCC/C=C\C/C=C\CCCCCCCCCC(=O)OCCCCC/C=C\C/C=C\CCCCCCCCCC(=O)NC(CO)C(O)CCCCCCCCCCCCCCCCCCCCCCCCCC. The van der Waals surface area contributed by atoms with Gasteiger partial charge in [0.1, 0.15) is 0 Å². The molecule has 0 saturated carbocycles. The van der Waals surface area contributed by atoms with Gasteiger partial charge in [0.25, 0.3) is 0 Å². The lowest BCUT2D eigenvalue weighted by Gasteiger charge is -2.22. The molecule has 0 heterocycles. The van der Waals surface area contributed by atoms with Crippen molar-refractivity contribution in [2.45, 2.75) is 366 Å². The van der Waals surface area contributed by atoms with Gasteiger partial charge in [-0.05, 0) is 96.3 Å². The number of ether oxygens (including phenoxy) is 1. The van der Waals surface area contributed by atoms with Crippen molar-refractivity contribution in [3.8, 4) is 0 Å². The van der Waals surface area contributed by atoms with E-state index in [0.717, 1.165) is 89.9 Å². The number of aliphatic hydroxyl groups is 2. The summed E-state index contributed by atoms with van der Waals surface area (Å²) in [6.07, 6.45) is 82.7. The Morgan fingerprint density at radius 2 is 0.667 bits per heavy atom. The molecule has 0 aliphatic rings. The van der Waals surface area contributed by atoms with E-state index in [1.165, 1.54) is 231 Å². The van der Waals surface area contributed by atoms with E-state index in [0.29, 0.717) is 25.9 Å². The number of esters is 1. The van der Waals surface area contributed by atoms with Crippen LogP contribution in [-0.2, 0) is 14.3 Å². The molecule has 0 aromatic heterocycles. The third kappa shape index (κ3) is 60.9. The average molecular weight is 1050 g/mol. The number of hydrogen-bond donors (Lipinski definition) is 3. The molecule has 0 fully saturated rings. The zero-order valence-electron chi connectivity index (χ0n) is 50.3. The first-order valence-corrected chi connectivity index (χ1v) is 33.4. The molecule has 6 heteroatoms. The lowest BCUT2D eigenvalue weighted by atomic mass is 10.0. The van der Waals surface area contributed by atoms with Crippen LogP contribution in [0.4, 0.5) is 0 Å². The Labute approximate surface area is 467 Å². The highest BCUT2D eigenvalue weighted by Gasteiger charge is 2.20. The Hall–Kier alpha value is -2.18. The van der Waals surface area contributed by atoms with Gasteiger partial charge in [-0.3, -0.25) is 9.59 Å². The van der Waals surface area contributed by atoms with E-state index in [9.17, 15) is 19.8 Å². The molecule has 1 amide bonds. The standard InChI is InChI=1S/C69H129NO5/c1-3-5-7-9-11-13-15-17-19-21-22-23-24-25-26-27-30-33-37-41-45-49-53-57-61-67(72)66(65-71)70-68(73)62-58-54-50-46-42-38-34-31-28-32-36-40-44-48-52-56-60-64-75-69(74)63-59-55-51-47-43-39-35-29-20-18-16-14-12-10-8-6-4-2/h12,14,18,20,28,32,40,44,66-67,71-72H,3-11,13,15-17,19,21-27,29-31,33-39,41-43,45-65H2,1-2H3,(H,70,73)/b14-12-,20-18-,32-28-,44-40-. The fourth-order valence-corrected chi connectivity index (χ4v) is 10.2. The van der Waals surface area contributed by atoms with Crippen molar-refractivity contribution < 1.29 is 24.5 Å². The van der Waals surface area contributed by atoms with Crippen LogP contribution < -0.4 is 5.32 Å². The van der Waals surface area contributed by atoms with Crippen LogP contribution in [0, 0.1) is 0 Å². The molecule has 3 N–H and O–H groups in total. The molecular weight excluding hydrogens is 923 g/mol. The van der Waals surface area contributed by atoms with Crippen LogP contribution in [0.3, 0.4) is 0 Å². The van der Waals surface area contributed by atoms with Gasteiger partial charge >= 0.3 is 5.97 Å². The van der Waals surface area contributed by atoms with Gasteiger partial charge < -0.3 is 20.3 Å². The maximum Gasteiger partial charge on any atom is 0.305 e. The molecule has 0 aromatic carbocycles. The van der Waals surface area contributed by atoms with Crippen molar-refractivity contribution in [3.63, 3.8) is 0 Å². The van der Waals surface area contributed by atoms with Crippen LogP contribution in [-0.4, -0.2) is 47.4 Å². The Morgan fingerprint density at radius 3 is 1.04 bits per heavy atom. The number of rotatable bonds is 62. The minimum atomic E-state index is -0.678. The van der Waals surface area contributed by atoms with Crippen molar-refractivity contribution in [2.24, 2.45) is 0 Å². The number of unbranched alkanes of at least 4 members (excludes halogenated alkanes) is 43. The summed E-state index contributed by atoms with van der Waals surface area (Å²) in [5, 5.41) is 23.4. The number of nitrogens with one attached hydrogen (secondary N) is 1. The fraction of sp³-hybridized carbons (Fsp3) is 0.855. The Balaban J connectivity index is 3.49. The summed E-state index contributed by atoms with van der Waals surface area (Å²) in [4.78, 5) is 24.6. The average Bonchev–Trinajstić information content (AvgIpc) is 3.41. The first-order chi connectivity index (χ1) is 37.0. The van der Waals surface area contributed by atoms with Gasteiger partial charge in [0.15, 0.2) is 0 Å². The van der Waals surface area contributed by atoms with E-state index >= 15 is 0 Å². The highest BCUT2D eigenvalue weighted by atomic mass is 16.5. The van der Waals surface area contributed by atoms with Crippen molar-refractivity contribution in [1.29, 1.82) is 0 Å². The molecular formula is C69H129NO5. The molecule has 0 bridgehead atoms. The number of aliphatic hydroxyl groups excluding tert-OH is 2. The molecule has 0 radical (unpaired) electrons. The number of hydrogen-bond acceptors (Lipinski definition) is 5. The van der Waals surface area contributed by atoms with Gasteiger partial charge in [0.2, 0.25) is 5.91 Å². The lowest BCUT2D eigenvalue weighted by Crippen LogP contribution is -2.45. The second-order valence-corrected chi connectivity index (χ2v) is 22.8. The third-order valence-electron chi connectivity index (χ3n) is 15.4. The molecule has 0 aromatic rings. The quantitative estimate of drug-likeness (QED) is 0.0320. The van der Waals surface area contributed by atoms with Gasteiger partial charge in [-0.25, -0.2) is 0 Å². The van der Waals surface area contributed by atoms with Crippen molar-refractivity contribution in [1.82, 2.24) is 5.32 Å². The zero-order chi connectivity index (χ0) is 54.3. The molecule has 0 spiro atoms. The highest BCUT2D eigenvalue weighted by molar-refractivity contribution is 5.76. The normalized spacial score (nSPS) is 12.9. The lowest BCUT2D eigenvalue weighted by molar-refractivity contribution is -0.143. The number of carbonyl (C=O) groups excluding carboxylic acids is 2. The van der Waals surface area contributed by atoms with E-state index in [-0.39, 0.29) is 18.5 Å². The van der Waals surface area contributed by atoms with Crippen LogP contribution in [0.1, 0.15) is 354 Å². The Bertz CT molecular complexity index is 1260. The minimum Gasteiger partial charge on any atom is -0.466 e. The summed E-state index contributed by atoms with van der Waals surface area (Å²) < 4.78 is 5.46. The topological polar surface area (TPSA) is 95.9 Å². The maximum atomic E-state index is 12.5. The monoisotopic (exact) mass is 1050 g/mol. The van der Waals surface area contributed by atoms with Crippen LogP contribution >= 0.6 is 0 Å². The fourth-order valence-electron chi connectivity index (χ4n) is 10.2. The van der Waals surface area contributed by atoms with Gasteiger partial charge in [-0.1, -0.05) is 294 Å². The van der Waals surface area contributed by atoms with Crippen LogP contribution in [0.5, 0.6) is 0 Å². The number of carbonyl (C=O) groups is 2. The molecule has 0 saturated heterocycles. The largest absolute Gasteiger partial charge is 0.466 e. The van der Waals surface area contributed by atoms with Crippen LogP contribution in [0.15, 0.2) is 48.6 Å². The molecule has 440 valence electrons. The third-order valence-corrected chi connectivity index (χ3v) is 15.4. The molecule has 0 aliphatic carbocycles. The summed E-state index contributed by atoms with van der Waals surface area (Å²) in [7, 11) is 0. The summed E-state index contributed by atoms with van der Waals surface area (Å²) >= 11 is 0. The molecule has 2 unspecified atom stereocenters. The molecule has 2 atom stereocenters. The van der Waals surface area contributed by atoms with Gasteiger partial charge in [0.05, 0.1) is 25.4 Å². The van der Waals surface area contributed by atoms with E-state index in [2.05, 4.69) is 67.8 Å². The van der Waals surface area contributed by atoms with Gasteiger partial charge in [-0.15, -0.1) is 0 Å². The van der Waals surface area contributed by atoms with Crippen LogP contribution in [0.2, 0.25) is 0 Å². The molecule has 0 aliphatic heterocycles. The summed E-state index contributed by atoms with van der Waals surface area (Å²) in [5.41, 5.74) is 0. The molecule has 0 rings (SSSR count). The van der Waals surface area contributed by atoms with Crippen molar-refractivity contribution >= 4 is 11.9 Å². The molecule has 75 heavy (non-hydrogen) atoms. The first kappa shape index (κ1) is 72.8. The second kappa shape index (κ2) is 64.3. The predicted molar refractivity (Wildman–Crippen MR) is 329 cm³/mol. The van der Waals surface area contributed by atoms with Crippen molar-refractivity contribution in [2.75, 3.05) is 13.2 Å². The van der Waals surface area contributed by atoms with E-state index in [1.54, 1.807) is 0 Å². The number of allylic oxidation sites excluding steroid dienone is 8. The van der Waals surface area contributed by atoms with Gasteiger partial charge in [-0.2, -0.15) is 0 Å². The molecule has 6 nitrogen and oxygen atoms in total. The zero-order valence-corrected chi connectivity index (χ0v) is 50.3. The van der Waals surface area contributed by atoms with E-state index < -0.39 is 12.1 Å². The minimum absolute atomic E-state index is 0.0228. The summed E-state index contributed by atoms with van der Waals surface area (Å²) in [6.45, 7) is 4.90. The Kier molecular flexibility index (Phi) is 62.5. The van der Waals surface area contributed by atoms with E-state index in [4.69, 9.17) is 4.74 Å². The van der Waals surface area contributed by atoms with Crippen molar-refractivity contribution in [3.05, 3.63) is 48.6 Å². The predicted octanol–water partition coefficient (Wildman–Crippen LogP) is 21.3. The van der Waals surface area contributed by atoms with Crippen LogP contribution in [0.25, 0.3) is 0 Å². The summed E-state index contributed by atoms with van der Waals surface area (Å²) in [5.74, 6) is -0.0712. The Morgan fingerprint density at radius 1 is 0.373 bits per heavy atom. The number of amides is 1. The smallest absolute Gasteiger partial charge is 0.305 e. The first-order valence-electron chi connectivity index (χ1n) is 33.4. The summed E-state index contributed by atoms with van der Waals surface area (Å²) in [6, 6.07) is -0.556. The second-order valence-electron chi connectivity index (χ2n) is 22.8. The van der Waals surface area contributed by atoms with E-state index in [1.807, 2.05) is 0 Å². The van der Waals surface area contributed by atoms with Gasteiger partial charge in [0, 0.05) is 12.8 Å². The maximum absolute atomic E-state index is 12.5.